The molecule has 3 nitrogen and oxygen atoms in total. The molecule has 4 heteroatoms. The van der Waals surface area contributed by atoms with Crippen LogP contribution >= 0.6 is 15.9 Å². The minimum absolute atomic E-state index is 0.0525. The lowest BCUT2D eigenvalue weighted by molar-refractivity contribution is 0.226. The molecule has 93 valence electrons. The second-order valence-electron chi connectivity index (χ2n) is 4.66. The van der Waals surface area contributed by atoms with E-state index in [1.54, 1.807) is 0 Å². The lowest BCUT2D eigenvalue weighted by Crippen LogP contribution is -2.37. The van der Waals surface area contributed by atoms with Gasteiger partial charge in [-0.05, 0) is 51.3 Å². The highest BCUT2D eigenvalue weighted by Gasteiger charge is 2.21. The Morgan fingerprint density at radius 2 is 2.29 bits per heavy atom. The number of halogens is 1. The third-order valence-electron chi connectivity index (χ3n) is 3.23. The highest BCUT2D eigenvalue weighted by Crippen LogP contribution is 2.22. The number of hydrogen-bond donors (Lipinski definition) is 1. The van der Waals surface area contributed by atoms with Crippen molar-refractivity contribution in [3.05, 3.63) is 39.7 Å². The number of aromatic amines is 1. The van der Waals surface area contributed by atoms with E-state index in [0.717, 1.165) is 42.8 Å². The predicted molar refractivity (Wildman–Crippen MR) is 73.2 cm³/mol. The number of likely N-dealkylation sites (tertiary alicyclic amines) is 1. The molecule has 1 aliphatic rings. The summed E-state index contributed by atoms with van der Waals surface area (Å²) in [6.07, 6.45) is 4.44. The number of alkyl halides is 1. The second-order valence-corrected chi connectivity index (χ2v) is 5.72. The monoisotopic (exact) mass is 297 g/mol. The van der Waals surface area contributed by atoms with Crippen molar-refractivity contribution in [2.75, 3.05) is 6.54 Å². The fraction of sp³-hybridized carbons (Fsp3) is 0.538. The maximum Gasteiger partial charge on any atom is 0.252 e. The number of piperidine rings is 1. The van der Waals surface area contributed by atoms with Gasteiger partial charge in [-0.1, -0.05) is 15.9 Å². The zero-order chi connectivity index (χ0) is 12.4. The van der Waals surface area contributed by atoms with Crippen LogP contribution in [0.15, 0.2) is 10.9 Å². The quantitative estimate of drug-likeness (QED) is 0.673. The number of H-pyrrole nitrogens is 1. The third-order valence-corrected chi connectivity index (χ3v) is 4.19. The minimum atomic E-state index is 0.0525. The van der Waals surface area contributed by atoms with Gasteiger partial charge in [-0.3, -0.25) is 9.69 Å². The van der Waals surface area contributed by atoms with Crippen molar-refractivity contribution in [2.45, 2.75) is 38.2 Å². The van der Waals surface area contributed by atoms with E-state index in [2.05, 4.69) is 32.2 Å². The Bertz CT molecular complexity index is 455. The Hall–Kier alpha value is -0.610. The molecular formula is C13H18BrN2O. The molecule has 0 aromatic carbocycles. The fourth-order valence-electron chi connectivity index (χ4n) is 2.26. The van der Waals surface area contributed by atoms with E-state index in [9.17, 15) is 4.79 Å². The summed E-state index contributed by atoms with van der Waals surface area (Å²) < 4.78 is 0. The van der Waals surface area contributed by atoms with Gasteiger partial charge in [0.1, 0.15) is 0 Å². The van der Waals surface area contributed by atoms with Crippen LogP contribution < -0.4 is 5.56 Å². The van der Waals surface area contributed by atoms with Gasteiger partial charge >= 0.3 is 0 Å². The number of aromatic nitrogens is 1. The van der Waals surface area contributed by atoms with Gasteiger partial charge in [0.05, 0.1) is 4.95 Å². The zero-order valence-electron chi connectivity index (χ0n) is 10.3. The molecule has 1 fully saturated rings. The molecule has 1 saturated heterocycles. The van der Waals surface area contributed by atoms with Crippen molar-refractivity contribution in [2.24, 2.45) is 0 Å². The summed E-state index contributed by atoms with van der Waals surface area (Å²) in [6.45, 7) is 5.67. The topological polar surface area (TPSA) is 36.1 Å². The molecule has 0 spiro atoms. The van der Waals surface area contributed by atoms with Gasteiger partial charge in [-0.2, -0.15) is 0 Å². The van der Waals surface area contributed by atoms with E-state index in [0.29, 0.717) is 4.95 Å². The molecule has 2 heterocycles. The summed E-state index contributed by atoms with van der Waals surface area (Å²) in [6, 6.07) is 2.04. The van der Waals surface area contributed by atoms with Gasteiger partial charge in [-0.15, -0.1) is 0 Å². The average molecular weight is 298 g/mol. The summed E-state index contributed by atoms with van der Waals surface area (Å²) in [5.74, 6) is 0. The molecule has 2 rings (SSSR count). The van der Waals surface area contributed by atoms with Crippen LogP contribution in [0.25, 0.3) is 0 Å². The smallest absolute Gasteiger partial charge is 0.252 e. The first-order chi connectivity index (χ1) is 8.08. The van der Waals surface area contributed by atoms with Crippen LogP contribution in [-0.2, 0) is 6.54 Å². The number of rotatable bonds is 2. The first-order valence-electron chi connectivity index (χ1n) is 5.97. The first-order valence-corrected chi connectivity index (χ1v) is 6.88. The van der Waals surface area contributed by atoms with E-state index in [1.165, 1.54) is 0 Å². The van der Waals surface area contributed by atoms with E-state index >= 15 is 0 Å². The molecule has 17 heavy (non-hydrogen) atoms. The van der Waals surface area contributed by atoms with Crippen LogP contribution in [0, 0.1) is 20.3 Å². The highest BCUT2D eigenvalue weighted by molar-refractivity contribution is 9.09. The molecule has 0 aliphatic carbocycles. The van der Waals surface area contributed by atoms with Crippen LogP contribution in [0.5, 0.6) is 0 Å². The van der Waals surface area contributed by atoms with Gasteiger partial charge in [0, 0.05) is 17.8 Å². The molecule has 1 aliphatic heterocycles. The number of nitrogens with one attached hydrogen (secondary N) is 1. The largest absolute Gasteiger partial charge is 0.326 e. The Morgan fingerprint density at radius 1 is 1.53 bits per heavy atom. The molecule has 1 unspecified atom stereocenters. The number of hydrogen-bond acceptors (Lipinski definition) is 2. The van der Waals surface area contributed by atoms with Gasteiger partial charge in [-0.25, -0.2) is 0 Å². The molecule has 0 amide bonds. The van der Waals surface area contributed by atoms with Crippen molar-refractivity contribution in [1.82, 2.24) is 9.88 Å². The standard InChI is InChI=1S/C13H18BrN2O/c1-9-7-10(2)15-13(17)11(9)8-16-6-4-3-5-12(16)14/h3,7,12H,4-6,8H2,1-2H3,(H,15,17). The van der Waals surface area contributed by atoms with Crippen molar-refractivity contribution in [3.8, 4) is 0 Å². The molecule has 1 aromatic heterocycles. The molecule has 1 N–H and O–H groups in total. The van der Waals surface area contributed by atoms with Crippen LogP contribution in [0.3, 0.4) is 0 Å². The van der Waals surface area contributed by atoms with Crippen LogP contribution in [0.1, 0.15) is 29.7 Å². The molecular weight excluding hydrogens is 280 g/mol. The number of pyridine rings is 1. The van der Waals surface area contributed by atoms with Gasteiger partial charge in [0.2, 0.25) is 0 Å². The minimum Gasteiger partial charge on any atom is -0.326 e. The zero-order valence-corrected chi connectivity index (χ0v) is 11.9. The van der Waals surface area contributed by atoms with E-state index < -0.39 is 0 Å². The maximum absolute atomic E-state index is 11.9. The summed E-state index contributed by atoms with van der Waals surface area (Å²) >= 11 is 3.66. The van der Waals surface area contributed by atoms with Crippen molar-refractivity contribution in [1.29, 1.82) is 0 Å². The number of nitrogens with zero attached hydrogens (tertiary/aromatic N) is 1. The van der Waals surface area contributed by atoms with Gasteiger partial charge in [0.25, 0.3) is 5.56 Å². The average Bonchev–Trinajstić information content (AvgIpc) is 2.25. The van der Waals surface area contributed by atoms with Crippen molar-refractivity contribution in [3.63, 3.8) is 0 Å². The van der Waals surface area contributed by atoms with Crippen molar-refractivity contribution >= 4 is 15.9 Å². The number of aryl methyl sites for hydroxylation is 2. The Balaban J connectivity index is 2.21. The van der Waals surface area contributed by atoms with Crippen LogP contribution in [0.2, 0.25) is 0 Å². The normalized spacial score (nSPS) is 21.7. The Morgan fingerprint density at radius 3 is 2.94 bits per heavy atom. The molecule has 1 radical (unpaired) electrons. The molecule has 1 aromatic rings. The molecule has 1 atom stereocenters. The van der Waals surface area contributed by atoms with Crippen LogP contribution in [-0.4, -0.2) is 21.4 Å². The molecule has 0 saturated carbocycles. The lowest BCUT2D eigenvalue weighted by Gasteiger charge is -2.31. The van der Waals surface area contributed by atoms with E-state index in [1.807, 2.05) is 19.9 Å². The highest BCUT2D eigenvalue weighted by atomic mass is 79.9. The first kappa shape index (κ1) is 12.8. The van der Waals surface area contributed by atoms with Gasteiger partial charge < -0.3 is 4.98 Å². The van der Waals surface area contributed by atoms with Crippen molar-refractivity contribution < 1.29 is 0 Å². The Kier molecular flexibility index (Phi) is 4.05. The SMILES string of the molecule is Cc1cc(C)c(CN2CC[CH]CC2Br)c(=O)[nH]1. The summed E-state index contributed by atoms with van der Waals surface area (Å²) in [5, 5.41) is 0. The second kappa shape index (κ2) is 5.36. The summed E-state index contributed by atoms with van der Waals surface area (Å²) in [5.41, 5.74) is 2.96. The summed E-state index contributed by atoms with van der Waals surface area (Å²) in [4.78, 5) is 17.5. The maximum atomic E-state index is 11.9. The lowest BCUT2D eigenvalue weighted by atomic mass is 10.1. The third kappa shape index (κ3) is 2.99. The van der Waals surface area contributed by atoms with E-state index in [-0.39, 0.29) is 5.56 Å². The fourth-order valence-corrected chi connectivity index (χ4v) is 2.87. The predicted octanol–water partition coefficient (Wildman–Crippen LogP) is 2.51. The molecule has 0 bridgehead atoms. The van der Waals surface area contributed by atoms with Gasteiger partial charge in [0.15, 0.2) is 0 Å². The van der Waals surface area contributed by atoms with Crippen LogP contribution in [0.4, 0.5) is 0 Å². The summed E-state index contributed by atoms with van der Waals surface area (Å²) in [7, 11) is 0. The van der Waals surface area contributed by atoms with E-state index in [4.69, 9.17) is 0 Å². The Labute approximate surface area is 110 Å².